The van der Waals surface area contributed by atoms with Crippen LogP contribution in [0.25, 0.3) is 0 Å². The lowest BCUT2D eigenvalue weighted by Gasteiger charge is -2.10. The first-order valence-electron chi connectivity index (χ1n) is 3.93. The predicted molar refractivity (Wildman–Crippen MR) is 49.0 cm³/mol. The highest BCUT2D eigenvalue weighted by molar-refractivity contribution is 5.27. The summed E-state index contributed by atoms with van der Waals surface area (Å²) in [5, 5.41) is 12.0. The van der Waals surface area contributed by atoms with Crippen molar-refractivity contribution in [1.82, 2.24) is 5.32 Å². The molecule has 3 nitrogen and oxygen atoms in total. The van der Waals surface area contributed by atoms with E-state index in [1.54, 1.807) is 12.1 Å². The van der Waals surface area contributed by atoms with Gasteiger partial charge in [0.15, 0.2) is 0 Å². The van der Waals surface area contributed by atoms with Crippen LogP contribution in [0.3, 0.4) is 0 Å². The van der Waals surface area contributed by atoms with Gasteiger partial charge in [-0.15, -0.1) is 0 Å². The number of phenols is 1. The molecule has 0 saturated heterocycles. The van der Waals surface area contributed by atoms with Crippen molar-refractivity contribution in [3.05, 3.63) is 29.8 Å². The Morgan fingerprint density at radius 3 is 2.50 bits per heavy atom. The van der Waals surface area contributed by atoms with E-state index in [2.05, 4.69) is 5.32 Å². The summed E-state index contributed by atoms with van der Waals surface area (Å²) < 4.78 is 0. The van der Waals surface area contributed by atoms with E-state index in [1.165, 1.54) is 0 Å². The van der Waals surface area contributed by atoms with Crippen LogP contribution in [0.15, 0.2) is 24.3 Å². The van der Waals surface area contributed by atoms with Crippen LogP contribution in [0, 0.1) is 0 Å². The van der Waals surface area contributed by atoms with E-state index in [-0.39, 0.29) is 11.8 Å². The molecule has 0 amide bonds. The Labute approximate surface area is 72.2 Å². The van der Waals surface area contributed by atoms with E-state index in [4.69, 9.17) is 10.8 Å². The van der Waals surface area contributed by atoms with Gasteiger partial charge >= 0.3 is 0 Å². The van der Waals surface area contributed by atoms with Crippen LogP contribution in [0.4, 0.5) is 0 Å². The van der Waals surface area contributed by atoms with Crippen molar-refractivity contribution in [3.8, 4) is 5.75 Å². The van der Waals surface area contributed by atoms with Gasteiger partial charge in [-0.2, -0.15) is 0 Å². The Morgan fingerprint density at radius 2 is 2.00 bits per heavy atom. The van der Waals surface area contributed by atoms with E-state index in [1.807, 2.05) is 19.2 Å². The Hall–Kier alpha value is -1.06. The molecule has 0 saturated carbocycles. The number of aromatic hydroxyl groups is 1. The number of hydrogen-bond acceptors (Lipinski definition) is 3. The van der Waals surface area contributed by atoms with Gasteiger partial charge in [0.1, 0.15) is 5.75 Å². The van der Waals surface area contributed by atoms with Gasteiger partial charge in [-0.25, -0.2) is 0 Å². The molecular formula is C9H14N2O. The van der Waals surface area contributed by atoms with E-state index in [0.717, 1.165) is 12.1 Å². The highest BCUT2D eigenvalue weighted by Gasteiger charge is 2.02. The minimum Gasteiger partial charge on any atom is -0.508 e. The topological polar surface area (TPSA) is 58.3 Å². The molecule has 1 atom stereocenters. The first kappa shape index (κ1) is 9.03. The van der Waals surface area contributed by atoms with Crippen LogP contribution < -0.4 is 11.1 Å². The van der Waals surface area contributed by atoms with Crippen molar-refractivity contribution in [1.29, 1.82) is 0 Å². The molecule has 1 aromatic rings. The Bertz CT molecular complexity index is 233. The van der Waals surface area contributed by atoms with E-state index in [0.29, 0.717) is 0 Å². The maximum atomic E-state index is 9.01. The maximum Gasteiger partial charge on any atom is 0.115 e. The summed E-state index contributed by atoms with van der Waals surface area (Å²) in [7, 11) is 1.86. The van der Waals surface area contributed by atoms with Crippen LogP contribution in [0.2, 0.25) is 0 Å². The minimum absolute atomic E-state index is 0.00407. The van der Waals surface area contributed by atoms with Gasteiger partial charge in [-0.1, -0.05) is 12.1 Å². The van der Waals surface area contributed by atoms with Gasteiger partial charge in [-0.05, 0) is 24.7 Å². The number of phenolic OH excluding ortho intramolecular Hbond substituents is 1. The zero-order chi connectivity index (χ0) is 8.97. The van der Waals surface area contributed by atoms with Crippen molar-refractivity contribution < 1.29 is 5.11 Å². The lowest BCUT2D eigenvalue weighted by Crippen LogP contribution is -2.23. The summed E-state index contributed by atoms with van der Waals surface area (Å²) in [6.45, 7) is 0.741. The van der Waals surface area contributed by atoms with Gasteiger partial charge in [0.25, 0.3) is 0 Å². The molecule has 0 bridgehead atoms. The third-order valence-electron chi connectivity index (χ3n) is 1.75. The molecule has 66 valence electrons. The number of likely N-dealkylation sites (N-methyl/N-ethyl adjacent to an activating group) is 1. The lowest BCUT2D eigenvalue weighted by atomic mass is 10.1. The monoisotopic (exact) mass is 166 g/mol. The molecule has 12 heavy (non-hydrogen) atoms. The lowest BCUT2D eigenvalue weighted by molar-refractivity contribution is 0.474. The van der Waals surface area contributed by atoms with Crippen molar-refractivity contribution in [3.63, 3.8) is 0 Å². The molecule has 0 radical (unpaired) electrons. The number of hydrogen-bond donors (Lipinski definition) is 3. The Balaban J connectivity index is 2.68. The maximum absolute atomic E-state index is 9.01. The number of benzene rings is 1. The van der Waals surface area contributed by atoms with Crippen molar-refractivity contribution >= 4 is 0 Å². The molecule has 0 fully saturated rings. The molecule has 1 aromatic carbocycles. The fourth-order valence-corrected chi connectivity index (χ4v) is 1.06. The smallest absolute Gasteiger partial charge is 0.115 e. The van der Waals surface area contributed by atoms with Crippen LogP contribution in [0.5, 0.6) is 5.75 Å². The van der Waals surface area contributed by atoms with Crippen LogP contribution >= 0.6 is 0 Å². The van der Waals surface area contributed by atoms with E-state index in [9.17, 15) is 0 Å². The molecule has 0 aromatic heterocycles. The quantitative estimate of drug-likeness (QED) is 0.616. The summed E-state index contributed by atoms with van der Waals surface area (Å²) in [5.41, 5.74) is 6.84. The summed E-state index contributed by atoms with van der Waals surface area (Å²) in [6.07, 6.45) is 0. The zero-order valence-electron chi connectivity index (χ0n) is 7.12. The summed E-state index contributed by atoms with van der Waals surface area (Å²) in [6, 6.07) is 6.94. The fraction of sp³-hybridized carbons (Fsp3) is 0.333. The highest BCUT2D eigenvalue weighted by Crippen LogP contribution is 2.14. The van der Waals surface area contributed by atoms with E-state index < -0.39 is 0 Å². The predicted octanol–water partition coefficient (Wildman–Crippen LogP) is 0.611. The second-order valence-corrected chi connectivity index (χ2v) is 2.76. The molecule has 1 rings (SSSR count). The van der Waals surface area contributed by atoms with Gasteiger partial charge in [0.05, 0.1) is 0 Å². The molecule has 0 aliphatic heterocycles. The van der Waals surface area contributed by atoms with Crippen LogP contribution in [-0.2, 0) is 0 Å². The molecule has 1 unspecified atom stereocenters. The van der Waals surface area contributed by atoms with Gasteiger partial charge in [0, 0.05) is 12.6 Å². The SMILES string of the molecule is CNCC(N)c1ccc(O)cc1. The van der Waals surface area contributed by atoms with Gasteiger partial charge < -0.3 is 16.2 Å². The number of nitrogens with two attached hydrogens (primary N) is 1. The van der Waals surface area contributed by atoms with Crippen molar-refractivity contribution in [2.45, 2.75) is 6.04 Å². The second kappa shape index (κ2) is 4.09. The molecule has 0 heterocycles. The summed E-state index contributed by atoms with van der Waals surface area (Å²) in [5.74, 6) is 0.274. The third-order valence-corrected chi connectivity index (χ3v) is 1.75. The summed E-state index contributed by atoms with van der Waals surface area (Å²) >= 11 is 0. The minimum atomic E-state index is -0.00407. The number of nitrogens with one attached hydrogen (secondary N) is 1. The average Bonchev–Trinajstić information content (AvgIpc) is 2.06. The average molecular weight is 166 g/mol. The van der Waals surface area contributed by atoms with Gasteiger partial charge in [-0.3, -0.25) is 0 Å². The first-order valence-corrected chi connectivity index (χ1v) is 3.93. The second-order valence-electron chi connectivity index (χ2n) is 2.76. The molecular weight excluding hydrogens is 152 g/mol. The molecule has 4 N–H and O–H groups in total. The van der Waals surface area contributed by atoms with Crippen molar-refractivity contribution in [2.75, 3.05) is 13.6 Å². The van der Waals surface area contributed by atoms with Crippen LogP contribution in [0.1, 0.15) is 11.6 Å². The zero-order valence-corrected chi connectivity index (χ0v) is 7.12. The van der Waals surface area contributed by atoms with Gasteiger partial charge in [0.2, 0.25) is 0 Å². The van der Waals surface area contributed by atoms with Crippen LogP contribution in [-0.4, -0.2) is 18.7 Å². The third kappa shape index (κ3) is 2.22. The fourth-order valence-electron chi connectivity index (χ4n) is 1.06. The molecule has 0 spiro atoms. The molecule has 0 aliphatic carbocycles. The first-order chi connectivity index (χ1) is 5.74. The Morgan fingerprint density at radius 1 is 1.42 bits per heavy atom. The van der Waals surface area contributed by atoms with E-state index >= 15 is 0 Å². The standard InChI is InChI=1S/C9H14N2O/c1-11-6-9(10)7-2-4-8(12)5-3-7/h2-5,9,11-12H,6,10H2,1H3. The number of rotatable bonds is 3. The largest absolute Gasteiger partial charge is 0.508 e. The van der Waals surface area contributed by atoms with Crippen molar-refractivity contribution in [2.24, 2.45) is 5.73 Å². The summed E-state index contributed by atoms with van der Waals surface area (Å²) in [4.78, 5) is 0. The normalized spacial score (nSPS) is 12.8. The highest BCUT2D eigenvalue weighted by atomic mass is 16.3. The Kier molecular flexibility index (Phi) is 3.08. The molecule has 0 aliphatic rings. The molecule has 3 heteroatoms.